The van der Waals surface area contributed by atoms with E-state index in [2.05, 4.69) is 36.4 Å². The third kappa shape index (κ3) is 4.81. The topological polar surface area (TPSA) is 43.2 Å². The van der Waals surface area contributed by atoms with E-state index in [1.807, 2.05) is 55.4 Å². The number of nitrogens with one attached hydrogen (secondary N) is 1. The molecule has 0 spiro atoms. The molecule has 154 valence electrons. The van der Waals surface area contributed by atoms with Gasteiger partial charge in [0.25, 0.3) is 5.91 Å². The Bertz CT molecular complexity index is 1000. The molecule has 1 heterocycles. The van der Waals surface area contributed by atoms with Gasteiger partial charge in [0.15, 0.2) is 18.0 Å². The Labute approximate surface area is 177 Å². The molecule has 3 aromatic rings. The van der Waals surface area contributed by atoms with Gasteiger partial charge in [-0.15, -0.1) is 0 Å². The van der Waals surface area contributed by atoms with Crippen LogP contribution in [0.15, 0.2) is 72.8 Å². The number of carbonyl (C=O) groups excluding carboxylic acids is 1. The first-order valence-corrected chi connectivity index (χ1v) is 10.2. The monoisotopic (exact) mass is 403 g/mol. The van der Waals surface area contributed by atoms with Gasteiger partial charge >= 0.3 is 0 Å². The van der Waals surface area contributed by atoms with Gasteiger partial charge in [-0.2, -0.15) is 0 Å². The second kappa shape index (κ2) is 9.01. The molecular weight excluding hydrogens is 376 g/mol. The van der Waals surface area contributed by atoms with Gasteiger partial charge in [0.1, 0.15) is 0 Å². The third-order valence-corrected chi connectivity index (χ3v) is 5.10. The van der Waals surface area contributed by atoms with Gasteiger partial charge in [0, 0.05) is 13.1 Å². The van der Waals surface area contributed by atoms with Crippen LogP contribution in [0.1, 0.15) is 11.1 Å². The van der Waals surface area contributed by atoms with E-state index in [4.69, 9.17) is 9.47 Å². The molecule has 0 fully saturated rings. The van der Waals surface area contributed by atoms with Crippen molar-refractivity contribution in [1.82, 2.24) is 4.90 Å². The van der Waals surface area contributed by atoms with E-state index in [0.29, 0.717) is 19.6 Å². The minimum Gasteiger partial charge on any atom is -0.454 e. The number of amides is 1. The molecule has 0 saturated carbocycles. The molecule has 1 amide bonds. The summed E-state index contributed by atoms with van der Waals surface area (Å²) in [7, 11) is 3.98. The van der Waals surface area contributed by atoms with Crippen LogP contribution in [-0.2, 0) is 17.9 Å². The fourth-order valence-electron chi connectivity index (χ4n) is 3.56. The number of nitrogens with zero attached hydrogens (tertiary/aromatic N) is 1. The first kappa shape index (κ1) is 20.0. The van der Waals surface area contributed by atoms with Gasteiger partial charge in [-0.1, -0.05) is 60.7 Å². The highest BCUT2D eigenvalue weighted by Crippen LogP contribution is 2.33. The molecule has 0 radical (unpaired) electrons. The quantitative estimate of drug-likeness (QED) is 0.660. The van der Waals surface area contributed by atoms with Crippen molar-refractivity contribution in [2.24, 2.45) is 0 Å². The summed E-state index contributed by atoms with van der Waals surface area (Å²) in [5.74, 6) is 1.62. The summed E-state index contributed by atoms with van der Waals surface area (Å²) in [5, 5.41) is 0. The van der Waals surface area contributed by atoms with E-state index in [0.717, 1.165) is 27.5 Å². The lowest BCUT2D eigenvalue weighted by atomic mass is 10.0. The first-order valence-electron chi connectivity index (χ1n) is 10.2. The van der Waals surface area contributed by atoms with Crippen molar-refractivity contribution in [3.05, 3.63) is 83.9 Å². The number of hydrogen-bond acceptors (Lipinski definition) is 3. The molecule has 5 nitrogen and oxygen atoms in total. The van der Waals surface area contributed by atoms with Crippen LogP contribution in [0, 0.1) is 0 Å². The Kier molecular flexibility index (Phi) is 6.00. The highest BCUT2D eigenvalue weighted by molar-refractivity contribution is 5.77. The highest BCUT2D eigenvalue weighted by atomic mass is 16.7. The van der Waals surface area contributed by atoms with Crippen molar-refractivity contribution in [3.63, 3.8) is 0 Å². The van der Waals surface area contributed by atoms with E-state index in [1.54, 1.807) is 0 Å². The standard InChI is InChI=1S/C25H26N2O3/c1-26(2)17-25(28)27(16-20-10-13-23-24(14-20)30-18-29-23)15-19-8-11-22(12-9-19)21-6-4-3-5-7-21/h3-14H,15-18H2,1-2H3/p+1. The number of ether oxygens (including phenoxy) is 2. The number of fused-ring (bicyclic) bond motifs is 1. The number of carbonyl (C=O) groups is 1. The summed E-state index contributed by atoms with van der Waals surface area (Å²) in [6, 6.07) is 24.6. The summed E-state index contributed by atoms with van der Waals surface area (Å²) in [5.41, 5.74) is 4.50. The largest absolute Gasteiger partial charge is 0.454 e. The average Bonchev–Trinajstić information content (AvgIpc) is 3.22. The molecule has 3 aromatic carbocycles. The van der Waals surface area contributed by atoms with Gasteiger partial charge in [-0.3, -0.25) is 4.79 Å². The minimum atomic E-state index is 0.125. The number of rotatable bonds is 7. The first-order chi connectivity index (χ1) is 14.6. The van der Waals surface area contributed by atoms with E-state index in [9.17, 15) is 4.79 Å². The van der Waals surface area contributed by atoms with Crippen molar-refractivity contribution in [1.29, 1.82) is 0 Å². The van der Waals surface area contributed by atoms with E-state index >= 15 is 0 Å². The lowest BCUT2D eigenvalue weighted by Gasteiger charge is -2.24. The molecule has 0 aromatic heterocycles. The summed E-state index contributed by atoms with van der Waals surface area (Å²) >= 11 is 0. The van der Waals surface area contributed by atoms with Crippen molar-refractivity contribution in [3.8, 4) is 22.6 Å². The van der Waals surface area contributed by atoms with E-state index in [1.165, 1.54) is 11.1 Å². The smallest absolute Gasteiger partial charge is 0.278 e. The lowest BCUT2D eigenvalue weighted by Crippen LogP contribution is -3.07. The maximum Gasteiger partial charge on any atom is 0.278 e. The van der Waals surface area contributed by atoms with Crippen LogP contribution in [0.4, 0.5) is 0 Å². The second-order valence-electron chi connectivity index (χ2n) is 7.88. The van der Waals surface area contributed by atoms with Gasteiger partial charge in [-0.25, -0.2) is 0 Å². The number of benzene rings is 3. The van der Waals surface area contributed by atoms with Crippen LogP contribution in [0.3, 0.4) is 0 Å². The molecule has 0 bridgehead atoms. The van der Waals surface area contributed by atoms with Gasteiger partial charge in [0.05, 0.1) is 14.1 Å². The molecule has 1 N–H and O–H groups in total. The van der Waals surface area contributed by atoms with E-state index < -0.39 is 0 Å². The fourth-order valence-corrected chi connectivity index (χ4v) is 3.56. The summed E-state index contributed by atoms with van der Waals surface area (Å²) < 4.78 is 10.9. The Morgan fingerprint density at radius 2 is 1.47 bits per heavy atom. The minimum absolute atomic E-state index is 0.125. The molecule has 4 rings (SSSR count). The van der Waals surface area contributed by atoms with Crippen molar-refractivity contribution >= 4 is 5.91 Å². The van der Waals surface area contributed by atoms with Crippen LogP contribution in [0.25, 0.3) is 11.1 Å². The molecule has 0 aliphatic carbocycles. The van der Waals surface area contributed by atoms with Crippen LogP contribution < -0.4 is 14.4 Å². The zero-order chi connectivity index (χ0) is 20.9. The average molecular weight is 404 g/mol. The summed E-state index contributed by atoms with van der Waals surface area (Å²) in [4.78, 5) is 15.9. The van der Waals surface area contributed by atoms with E-state index in [-0.39, 0.29) is 12.7 Å². The van der Waals surface area contributed by atoms with Crippen LogP contribution in [0.2, 0.25) is 0 Å². The number of hydrogen-bond donors (Lipinski definition) is 1. The van der Waals surface area contributed by atoms with Crippen molar-refractivity contribution < 1.29 is 19.2 Å². The SMILES string of the molecule is C[NH+](C)CC(=O)N(Cc1ccc(-c2ccccc2)cc1)Cc1ccc2c(c1)OCO2. The predicted molar refractivity (Wildman–Crippen MR) is 116 cm³/mol. The Morgan fingerprint density at radius 1 is 0.833 bits per heavy atom. The molecule has 0 saturated heterocycles. The maximum absolute atomic E-state index is 12.9. The van der Waals surface area contributed by atoms with Crippen molar-refractivity contribution in [2.45, 2.75) is 13.1 Å². The maximum atomic E-state index is 12.9. The fraction of sp³-hybridized carbons (Fsp3) is 0.240. The lowest BCUT2D eigenvalue weighted by molar-refractivity contribution is -0.849. The Balaban J connectivity index is 1.51. The van der Waals surface area contributed by atoms with Crippen LogP contribution in [-0.4, -0.2) is 38.2 Å². The van der Waals surface area contributed by atoms with Gasteiger partial charge in [0.2, 0.25) is 6.79 Å². The van der Waals surface area contributed by atoms with Crippen molar-refractivity contribution in [2.75, 3.05) is 27.4 Å². The predicted octanol–water partition coefficient (Wildman–Crippen LogP) is 2.76. The molecular formula is C25H27N2O3+. The zero-order valence-corrected chi connectivity index (χ0v) is 17.4. The summed E-state index contributed by atoms with van der Waals surface area (Å²) in [6.45, 7) is 1.80. The molecule has 1 aliphatic rings. The van der Waals surface area contributed by atoms with Crippen LogP contribution in [0.5, 0.6) is 11.5 Å². The molecule has 5 heteroatoms. The molecule has 1 aliphatic heterocycles. The number of likely N-dealkylation sites (N-methyl/N-ethyl adjacent to an activating group) is 1. The van der Waals surface area contributed by atoms with Gasteiger partial charge in [-0.05, 0) is 34.4 Å². The number of quaternary nitrogens is 1. The Hall–Kier alpha value is -3.31. The van der Waals surface area contributed by atoms with Crippen LogP contribution >= 0.6 is 0 Å². The normalized spacial score (nSPS) is 12.2. The Morgan fingerprint density at radius 3 is 2.20 bits per heavy atom. The summed E-state index contributed by atoms with van der Waals surface area (Å²) in [6.07, 6.45) is 0. The third-order valence-electron chi connectivity index (χ3n) is 5.10. The molecule has 30 heavy (non-hydrogen) atoms. The second-order valence-corrected chi connectivity index (χ2v) is 7.88. The molecule has 0 unspecified atom stereocenters. The highest BCUT2D eigenvalue weighted by Gasteiger charge is 2.19. The molecule has 0 atom stereocenters. The zero-order valence-electron chi connectivity index (χ0n) is 17.4. The van der Waals surface area contributed by atoms with Gasteiger partial charge < -0.3 is 19.3 Å².